The number of hydrogen-bond donors (Lipinski definition) is 0. The molecule has 0 saturated heterocycles. The van der Waals surface area contributed by atoms with Crippen molar-refractivity contribution in [1.82, 2.24) is 0 Å². The monoisotopic (exact) mass is 314 g/mol. The van der Waals surface area contributed by atoms with Crippen LogP contribution in [0.15, 0.2) is 35.5 Å². The van der Waals surface area contributed by atoms with Crippen LogP contribution in [0.1, 0.15) is 47.5 Å². The van der Waals surface area contributed by atoms with E-state index in [1.54, 1.807) is 7.11 Å². The molecule has 0 radical (unpaired) electrons. The van der Waals surface area contributed by atoms with E-state index in [4.69, 9.17) is 4.74 Å². The van der Waals surface area contributed by atoms with Gasteiger partial charge in [0.15, 0.2) is 0 Å². The van der Waals surface area contributed by atoms with Crippen LogP contribution in [0, 0.1) is 28.6 Å². The molecule has 0 unspecified atom stereocenters. The molecular weight excluding hydrogens is 284 g/mol. The summed E-state index contributed by atoms with van der Waals surface area (Å²) in [4.78, 5) is 13.6. The minimum atomic E-state index is -0.462. The lowest BCUT2D eigenvalue weighted by molar-refractivity contribution is -0.130. The van der Waals surface area contributed by atoms with Gasteiger partial charge in [-0.2, -0.15) is 0 Å². The topological polar surface area (TPSA) is 26.3 Å². The summed E-state index contributed by atoms with van der Waals surface area (Å²) in [5, 5.41) is 0. The van der Waals surface area contributed by atoms with Crippen LogP contribution in [-0.4, -0.2) is 19.0 Å². The van der Waals surface area contributed by atoms with E-state index in [9.17, 15) is 4.79 Å². The number of carbonyl (C=O) groups excluding carboxylic acids is 1. The molecule has 0 amide bonds. The zero-order valence-corrected chi connectivity index (χ0v) is 15.3. The predicted octanol–water partition coefficient (Wildman–Crippen LogP) is 4.72. The third-order valence-corrected chi connectivity index (χ3v) is 6.43. The molecule has 2 nitrogen and oxygen atoms in total. The maximum Gasteiger partial charge on any atom is 0.150 e. The van der Waals surface area contributed by atoms with Gasteiger partial charge in [-0.3, -0.25) is 4.79 Å². The molecular formula is C21H30O2. The lowest BCUT2D eigenvalue weighted by Crippen LogP contribution is -2.37. The van der Waals surface area contributed by atoms with Crippen molar-refractivity contribution in [3.8, 4) is 0 Å². The van der Waals surface area contributed by atoms with Crippen LogP contribution in [-0.2, 0) is 9.53 Å². The summed E-state index contributed by atoms with van der Waals surface area (Å²) in [5.74, 6) is 1.24. The van der Waals surface area contributed by atoms with Crippen molar-refractivity contribution in [2.24, 2.45) is 28.6 Å². The van der Waals surface area contributed by atoms with Crippen LogP contribution >= 0.6 is 0 Å². The largest absolute Gasteiger partial charge is 0.381 e. The normalized spacial score (nSPS) is 46.8. The number of ether oxygens (including phenoxy) is 1. The first kappa shape index (κ1) is 16.7. The van der Waals surface area contributed by atoms with Crippen LogP contribution in [0.4, 0.5) is 0 Å². The van der Waals surface area contributed by atoms with Gasteiger partial charge in [0.25, 0.3) is 0 Å². The number of allylic oxidation sites excluding steroid dienone is 6. The van der Waals surface area contributed by atoms with E-state index in [1.165, 1.54) is 11.1 Å². The molecule has 23 heavy (non-hydrogen) atoms. The van der Waals surface area contributed by atoms with Crippen molar-refractivity contribution in [2.75, 3.05) is 7.11 Å². The molecule has 3 rings (SSSR count). The van der Waals surface area contributed by atoms with E-state index in [2.05, 4.69) is 58.9 Å². The minimum absolute atomic E-state index is 0.0497. The zero-order chi connectivity index (χ0) is 17.0. The van der Waals surface area contributed by atoms with Gasteiger partial charge in [0.2, 0.25) is 0 Å². The fraction of sp³-hybridized carbons (Fsp3) is 0.667. The van der Waals surface area contributed by atoms with Crippen molar-refractivity contribution in [2.45, 2.75) is 53.6 Å². The second-order valence-corrected chi connectivity index (χ2v) is 8.60. The zero-order valence-electron chi connectivity index (χ0n) is 15.3. The number of hydrogen-bond acceptors (Lipinski definition) is 2. The van der Waals surface area contributed by atoms with Crippen molar-refractivity contribution in [3.63, 3.8) is 0 Å². The maximum absolute atomic E-state index is 13.6. The number of carbonyl (C=O) groups is 1. The average molecular weight is 314 g/mol. The molecule has 1 fully saturated rings. The Morgan fingerprint density at radius 2 is 1.87 bits per heavy atom. The fourth-order valence-electron chi connectivity index (χ4n) is 5.20. The minimum Gasteiger partial charge on any atom is -0.381 e. The maximum atomic E-state index is 13.6. The molecule has 0 aromatic rings. The van der Waals surface area contributed by atoms with Gasteiger partial charge >= 0.3 is 0 Å². The molecule has 0 aromatic heterocycles. The summed E-state index contributed by atoms with van der Waals surface area (Å²) >= 11 is 0. The van der Waals surface area contributed by atoms with Gasteiger partial charge in [-0.05, 0) is 44.1 Å². The Bertz CT molecular complexity index is 607. The molecule has 126 valence electrons. The van der Waals surface area contributed by atoms with Gasteiger partial charge in [-0.1, -0.05) is 50.6 Å². The van der Waals surface area contributed by atoms with Crippen LogP contribution in [0.2, 0.25) is 0 Å². The third-order valence-electron chi connectivity index (χ3n) is 6.43. The molecule has 0 bridgehead atoms. The first-order valence-corrected chi connectivity index (χ1v) is 8.86. The van der Waals surface area contributed by atoms with Crippen molar-refractivity contribution < 1.29 is 9.53 Å². The van der Waals surface area contributed by atoms with Gasteiger partial charge < -0.3 is 4.74 Å². The van der Waals surface area contributed by atoms with E-state index >= 15 is 0 Å². The number of fused-ring (bicyclic) bond motifs is 2. The highest BCUT2D eigenvalue weighted by Crippen LogP contribution is 2.54. The molecule has 0 N–H and O–H groups in total. The highest BCUT2D eigenvalue weighted by molar-refractivity contribution is 5.93. The van der Waals surface area contributed by atoms with Gasteiger partial charge in [-0.25, -0.2) is 0 Å². The smallest absolute Gasteiger partial charge is 0.150 e. The number of ketones is 1. The van der Waals surface area contributed by atoms with E-state index < -0.39 is 5.41 Å². The van der Waals surface area contributed by atoms with Crippen LogP contribution < -0.4 is 0 Å². The van der Waals surface area contributed by atoms with Gasteiger partial charge in [0.05, 0.1) is 11.5 Å². The summed E-state index contributed by atoms with van der Waals surface area (Å²) in [6.07, 6.45) is 10.9. The van der Waals surface area contributed by atoms with Crippen LogP contribution in [0.25, 0.3) is 0 Å². The van der Waals surface area contributed by atoms with E-state index in [0.29, 0.717) is 17.6 Å². The molecule has 0 aliphatic heterocycles. The summed E-state index contributed by atoms with van der Waals surface area (Å²) in [5.41, 5.74) is 2.08. The first-order valence-electron chi connectivity index (χ1n) is 8.86. The lowest BCUT2D eigenvalue weighted by atomic mass is 9.68. The Balaban J connectivity index is 2.10. The molecule has 5 atom stereocenters. The Morgan fingerprint density at radius 1 is 1.17 bits per heavy atom. The third kappa shape index (κ3) is 2.46. The number of Topliss-reactive ketones (excluding diaryl/α,β-unsaturated/α-hetero) is 1. The summed E-state index contributed by atoms with van der Waals surface area (Å²) in [7, 11) is 1.80. The lowest BCUT2D eigenvalue weighted by Gasteiger charge is -2.33. The molecule has 0 spiro atoms. The van der Waals surface area contributed by atoms with Gasteiger partial charge in [-0.15, -0.1) is 0 Å². The Labute approximate surface area is 140 Å². The second kappa shape index (κ2) is 5.44. The SMILES string of the molecule is CO[C@@H]1[C@H]2C/C(C)=C/C=C3/C(C)(C)C=C[C@@]3(C)C(=O)[C@H]2C[C@H]1C. The van der Waals surface area contributed by atoms with Gasteiger partial charge in [0.1, 0.15) is 5.78 Å². The average Bonchev–Trinajstić information content (AvgIpc) is 2.91. The molecule has 2 heteroatoms. The molecule has 0 heterocycles. The van der Waals surface area contributed by atoms with E-state index in [0.717, 1.165) is 12.8 Å². The van der Waals surface area contributed by atoms with Crippen LogP contribution in [0.3, 0.4) is 0 Å². The second-order valence-electron chi connectivity index (χ2n) is 8.60. The Hall–Kier alpha value is -1.15. The number of methoxy groups -OCH3 is 1. The highest BCUT2D eigenvalue weighted by atomic mass is 16.5. The molecule has 3 aliphatic rings. The van der Waals surface area contributed by atoms with Crippen molar-refractivity contribution in [1.29, 1.82) is 0 Å². The Kier molecular flexibility index (Phi) is 3.95. The Morgan fingerprint density at radius 3 is 2.52 bits per heavy atom. The standard InChI is InChI=1S/C21H30O2/c1-13-7-8-17-20(3,4)9-10-21(17,5)19(22)16-12-14(2)18(23-6)15(16)11-13/h7-10,14-16,18H,11-12H2,1-6H3/b13-7+,17-8-/t14-,15+,16+,18+,21-/m1/s1. The predicted molar refractivity (Wildman–Crippen MR) is 94.1 cm³/mol. The highest BCUT2D eigenvalue weighted by Gasteiger charge is 2.53. The first-order chi connectivity index (χ1) is 10.7. The van der Waals surface area contributed by atoms with Crippen molar-refractivity contribution in [3.05, 3.63) is 35.5 Å². The van der Waals surface area contributed by atoms with Gasteiger partial charge in [0, 0.05) is 18.4 Å². The van der Waals surface area contributed by atoms with Crippen molar-refractivity contribution >= 4 is 5.78 Å². The summed E-state index contributed by atoms with van der Waals surface area (Å²) in [6, 6.07) is 0. The number of rotatable bonds is 1. The summed E-state index contributed by atoms with van der Waals surface area (Å²) in [6.45, 7) is 10.9. The summed E-state index contributed by atoms with van der Waals surface area (Å²) < 4.78 is 5.80. The molecule has 1 saturated carbocycles. The fourth-order valence-corrected chi connectivity index (χ4v) is 5.20. The van der Waals surface area contributed by atoms with E-state index in [-0.39, 0.29) is 17.4 Å². The van der Waals surface area contributed by atoms with Crippen LogP contribution in [0.5, 0.6) is 0 Å². The quantitative estimate of drug-likeness (QED) is 0.655. The molecule has 0 aromatic carbocycles. The van der Waals surface area contributed by atoms with E-state index in [1.807, 2.05) is 0 Å². The molecule has 3 aliphatic carbocycles.